The highest BCUT2D eigenvalue weighted by atomic mass is 16.7. The lowest BCUT2D eigenvalue weighted by atomic mass is 10.0. The molecule has 13 heteroatoms. The number of carbonyl (C=O) groups is 7. The summed E-state index contributed by atoms with van der Waals surface area (Å²) in [6.07, 6.45) is -0.280. The van der Waals surface area contributed by atoms with Gasteiger partial charge in [-0.05, 0) is 43.4 Å². The normalized spacial score (nSPS) is 24.7. The maximum atomic E-state index is 12.1. The van der Waals surface area contributed by atoms with Crippen molar-refractivity contribution in [1.29, 1.82) is 0 Å². The van der Waals surface area contributed by atoms with Crippen LogP contribution in [0.15, 0.2) is 0 Å². The monoisotopic (exact) mass is 496 g/mol. The van der Waals surface area contributed by atoms with Crippen LogP contribution in [0.4, 0.5) is 0 Å². The molecule has 3 fully saturated rings. The number of carboxylic acids is 1. The SMILES string of the molecule is O=C(O)CCCC(O)C1C(CCC(=O)ON2C(=O)CCC2=O)C1CCC(=O)ON1C(=O)CCC1=O. The molecule has 1 saturated carbocycles. The predicted octanol–water partition coefficient (Wildman–Crippen LogP) is 0.239. The van der Waals surface area contributed by atoms with Crippen LogP contribution in [0.3, 0.4) is 0 Å². The first-order valence-electron chi connectivity index (χ1n) is 11.6. The number of amides is 4. The third-order valence-electron chi connectivity index (χ3n) is 6.49. The lowest BCUT2D eigenvalue weighted by Gasteiger charge is -2.12. The molecule has 3 atom stereocenters. The fraction of sp³-hybridized carbons (Fsp3) is 0.682. The molecule has 3 unspecified atom stereocenters. The first-order valence-corrected chi connectivity index (χ1v) is 11.6. The Balaban J connectivity index is 1.50. The van der Waals surface area contributed by atoms with Gasteiger partial charge in [0.15, 0.2) is 0 Å². The molecule has 0 radical (unpaired) electrons. The molecule has 3 rings (SSSR count). The molecule has 0 spiro atoms. The van der Waals surface area contributed by atoms with Gasteiger partial charge in [0.05, 0.1) is 6.10 Å². The van der Waals surface area contributed by atoms with Crippen molar-refractivity contribution in [2.24, 2.45) is 17.8 Å². The molecule has 2 aliphatic heterocycles. The van der Waals surface area contributed by atoms with Gasteiger partial charge in [-0.2, -0.15) is 0 Å². The van der Waals surface area contributed by atoms with Gasteiger partial charge in [0.25, 0.3) is 23.6 Å². The summed E-state index contributed by atoms with van der Waals surface area (Å²) in [5, 5.41) is 20.3. The highest BCUT2D eigenvalue weighted by Gasteiger charge is 2.52. The fourth-order valence-corrected chi connectivity index (χ4v) is 4.69. The lowest BCUT2D eigenvalue weighted by Crippen LogP contribution is -2.32. The number of imide groups is 2. The lowest BCUT2D eigenvalue weighted by molar-refractivity contribution is -0.197. The molecule has 2 heterocycles. The third kappa shape index (κ3) is 6.84. The van der Waals surface area contributed by atoms with Gasteiger partial charge >= 0.3 is 17.9 Å². The van der Waals surface area contributed by atoms with Crippen molar-refractivity contribution in [3.63, 3.8) is 0 Å². The van der Waals surface area contributed by atoms with Crippen molar-refractivity contribution in [3.05, 3.63) is 0 Å². The van der Waals surface area contributed by atoms with Crippen LogP contribution in [0, 0.1) is 17.8 Å². The Morgan fingerprint density at radius 1 is 0.771 bits per heavy atom. The summed E-state index contributed by atoms with van der Waals surface area (Å²) in [6.45, 7) is 0. The van der Waals surface area contributed by atoms with Crippen molar-refractivity contribution in [2.75, 3.05) is 0 Å². The molecular formula is C22H28N2O11. The van der Waals surface area contributed by atoms with E-state index in [0.29, 0.717) is 10.1 Å². The summed E-state index contributed by atoms with van der Waals surface area (Å²) in [7, 11) is 0. The molecule has 0 bridgehead atoms. The standard InChI is InChI=1S/C22H28N2O11/c25-14(2-1-3-19(30)31)22-12(4-10-20(32)34-23-15(26)6-7-16(23)27)13(22)5-11-21(33)35-24-17(28)8-9-18(24)29/h12-14,22,25H,1-11H2,(H,30,31). The number of aliphatic hydroxyl groups excluding tert-OH is 1. The molecule has 0 aromatic rings. The first-order chi connectivity index (χ1) is 16.6. The molecule has 13 nitrogen and oxygen atoms in total. The number of hydroxylamine groups is 4. The molecule has 0 aromatic heterocycles. The van der Waals surface area contributed by atoms with Crippen molar-refractivity contribution in [1.82, 2.24) is 10.1 Å². The minimum atomic E-state index is -0.983. The summed E-state index contributed by atoms with van der Waals surface area (Å²) in [5.41, 5.74) is 0. The Morgan fingerprint density at radius 3 is 1.54 bits per heavy atom. The molecular weight excluding hydrogens is 468 g/mol. The molecule has 0 aromatic carbocycles. The number of carboxylic acid groups (broad SMARTS) is 1. The Hall–Kier alpha value is -3.35. The molecule has 3 aliphatic rings. The maximum Gasteiger partial charge on any atom is 0.333 e. The number of aliphatic carboxylic acids is 1. The van der Waals surface area contributed by atoms with E-state index in [1.54, 1.807) is 0 Å². The minimum Gasteiger partial charge on any atom is -0.481 e. The fourth-order valence-electron chi connectivity index (χ4n) is 4.69. The average molecular weight is 496 g/mol. The van der Waals surface area contributed by atoms with Crippen LogP contribution in [0.5, 0.6) is 0 Å². The van der Waals surface area contributed by atoms with Crippen molar-refractivity contribution < 1.29 is 53.4 Å². The topological polar surface area (TPSA) is 185 Å². The highest BCUT2D eigenvalue weighted by Crippen LogP contribution is 2.54. The summed E-state index contributed by atoms with van der Waals surface area (Å²) < 4.78 is 0. The van der Waals surface area contributed by atoms with Gasteiger partial charge in [0, 0.05) is 44.9 Å². The Kier molecular flexibility index (Phi) is 8.54. The van der Waals surface area contributed by atoms with Gasteiger partial charge in [-0.25, -0.2) is 9.59 Å². The smallest absolute Gasteiger partial charge is 0.333 e. The van der Waals surface area contributed by atoms with E-state index >= 15 is 0 Å². The Labute approximate surface area is 200 Å². The van der Waals surface area contributed by atoms with Gasteiger partial charge in [0.2, 0.25) is 0 Å². The molecule has 2 N–H and O–H groups in total. The van der Waals surface area contributed by atoms with E-state index in [1.807, 2.05) is 0 Å². The Morgan fingerprint density at radius 2 is 1.17 bits per heavy atom. The second-order valence-corrected chi connectivity index (χ2v) is 8.93. The quantitative estimate of drug-likeness (QED) is 0.333. The number of rotatable bonds is 13. The van der Waals surface area contributed by atoms with E-state index < -0.39 is 47.6 Å². The molecule has 4 amide bonds. The van der Waals surface area contributed by atoms with Gasteiger partial charge < -0.3 is 19.9 Å². The largest absolute Gasteiger partial charge is 0.481 e. The van der Waals surface area contributed by atoms with E-state index in [-0.39, 0.29) is 88.4 Å². The van der Waals surface area contributed by atoms with E-state index in [4.69, 9.17) is 14.8 Å². The van der Waals surface area contributed by atoms with Gasteiger partial charge in [0.1, 0.15) is 0 Å². The van der Waals surface area contributed by atoms with Crippen molar-refractivity contribution >= 4 is 41.5 Å². The molecule has 1 aliphatic carbocycles. The van der Waals surface area contributed by atoms with E-state index in [0.717, 1.165) is 0 Å². The average Bonchev–Trinajstić information content (AvgIpc) is 3.30. The van der Waals surface area contributed by atoms with Crippen LogP contribution in [-0.4, -0.2) is 68.0 Å². The van der Waals surface area contributed by atoms with Crippen LogP contribution in [0.1, 0.15) is 70.6 Å². The number of hydrogen-bond donors (Lipinski definition) is 2. The first kappa shape index (κ1) is 26.3. The number of aliphatic hydroxyl groups is 1. The van der Waals surface area contributed by atoms with Crippen LogP contribution in [0.2, 0.25) is 0 Å². The van der Waals surface area contributed by atoms with Crippen molar-refractivity contribution in [2.45, 2.75) is 76.7 Å². The van der Waals surface area contributed by atoms with Crippen molar-refractivity contribution in [3.8, 4) is 0 Å². The Bertz CT molecular complexity index is 825. The van der Waals surface area contributed by atoms with E-state index in [2.05, 4.69) is 0 Å². The molecule has 192 valence electrons. The summed E-state index contributed by atoms with van der Waals surface area (Å²) in [4.78, 5) is 91.1. The minimum absolute atomic E-state index is 0.0217. The van der Waals surface area contributed by atoms with Crippen LogP contribution in [0.25, 0.3) is 0 Å². The summed E-state index contributed by atoms with van der Waals surface area (Å²) in [6, 6.07) is 0. The van der Waals surface area contributed by atoms with Crippen LogP contribution in [-0.2, 0) is 43.2 Å². The zero-order valence-corrected chi connectivity index (χ0v) is 19.1. The summed E-state index contributed by atoms with van der Waals surface area (Å²) in [5.74, 6) is -5.56. The van der Waals surface area contributed by atoms with E-state index in [1.165, 1.54) is 0 Å². The van der Waals surface area contributed by atoms with Crippen LogP contribution >= 0.6 is 0 Å². The van der Waals surface area contributed by atoms with Gasteiger partial charge in [-0.15, -0.1) is 10.1 Å². The molecule has 35 heavy (non-hydrogen) atoms. The second-order valence-electron chi connectivity index (χ2n) is 8.93. The predicted molar refractivity (Wildman–Crippen MR) is 111 cm³/mol. The van der Waals surface area contributed by atoms with E-state index in [9.17, 15) is 38.7 Å². The van der Waals surface area contributed by atoms with Crippen LogP contribution < -0.4 is 0 Å². The zero-order chi connectivity index (χ0) is 25.7. The second kappa shape index (κ2) is 11.4. The third-order valence-corrected chi connectivity index (χ3v) is 6.49. The van der Waals surface area contributed by atoms with Gasteiger partial charge in [-0.3, -0.25) is 24.0 Å². The summed E-state index contributed by atoms with van der Waals surface area (Å²) >= 11 is 0. The van der Waals surface area contributed by atoms with Gasteiger partial charge in [-0.1, -0.05) is 0 Å². The maximum absolute atomic E-state index is 12.1. The number of nitrogens with zero attached hydrogens (tertiary/aromatic N) is 2. The number of hydrogen-bond acceptors (Lipinski definition) is 10. The zero-order valence-electron chi connectivity index (χ0n) is 19.1. The highest BCUT2D eigenvalue weighted by molar-refractivity contribution is 6.02. The molecule has 2 saturated heterocycles. The number of carbonyl (C=O) groups excluding carboxylic acids is 6.